The Bertz CT molecular complexity index is 1440. The maximum atomic E-state index is 13.1. The molecule has 2 aliphatic heterocycles. The quantitative estimate of drug-likeness (QED) is 0.326. The van der Waals surface area contributed by atoms with Gasteiger partial charge in [0.1, 0.15) is 22.8 Å². The molecular formula is C25H16Cl2O5. The van der Waals surface area contributed by atoms with Crippen LogP contribution in [0.5, 0.6) is 17.2 Å². The third-order valence-corrected chi connectivity index (χ3v) is 6.60. The number of para-hydroxylation sites is 1. The summed E-state index contributed by atoms with van der Waals surface area (Å²) in [7, 11) is 1.61. The summed E-state index contributed by atoms with van der Waals surface area (Å²) in [5.74, 6) is 0.0454. The van der Waals surface area contributed by atoms with E-state index in [1.807, 2.05) is 42.5 Å². The van der Waals surface area contributed by atoms with E-state index in [9.17, 15) is 4.79 Å². The molecule has 2 bridgehead atoms. The van der Waals surface area contributed by atoms with Crippen LogP contribution in [0, 0.1) is 0 Å². The highest BCUT2D eigenvalue weighted by atomic mass is 35.5. The molecule has 160 valence electrons. The van der Waals surface area contributed by atoms with Crippen molar-refractivity contribution in [2.24, 2.45) is 0 Å². The van der Waals surface area contributed by atoms with Gasteiger partial charge in [-0.15, -0.1) is 0 Å². The number of hydrogen-bond donors (Lipinski definition) is 0. The van der Waals surface area contributed by atoms with Gasteiger partial charge in [-0.2, -0.15) is 0 Å². The van der Waals surface area contributed by atoms with Crippen LogP contribution in [0.25, 0.3) is 11.0 Å². The van der Waals surface area contributed by atoms with Crippen molar-refractivity contribution < 1.29 is 18.6 Å². The van der Waals surface area contributed by atoms with Crippen LogP contribution in [0.3, 0.4) is 0 Å². The highest BCUT2D eigenvalue weighted by Crippen LogP contribution is 2.57. The van der Waals surface area contributed by atoms with E-state index in [1.165, 1.54) is 0 Å². The third-order valence-electron chi connectivity index (χ3n) is 6.10. The SMILES string of the molecule is COc1ccc([C@@]23C[C@@H](c4cc(Cl)cc(Cl)c4O2)c2c(c4ccccc4oc2=O)O3)cc1. The van der Waals surface area contributed by atoms with E-state index in [-0.39, 0.29) is 5.92 Å². The highest BCUT2D eigenvalue weighted by Gasteiger charge is 2.52. The molecule has 0 fully saturated rings. The summed E-state index contributed by atoms with van der Waals surface area (Å²) in [5, 5.41) is 1.52. The van der Waals surface area contributed by atoms with Gasteiger partial charge in [-0.1, -0.05) is 35.3 Å². The summed E-state index contributed by atoms with van der Waals surface area (Å²) in [6.07, 6.45) is 0.360. The number of benzene rings is 3. The molecule has 4 aromatic rings. The normalized spacial score (nSPS) is 20.7. The van der Waals surface area contributed by atoms with E-state index in [2.05, 4.69) is 0 Å². The maximum absolute atomic E-state index is 13.1. The molecule has 0 amide bonds. The van der Waals surface area contributed by atoms with Crippen LogP contribution in [-0.2, 0) is 5.79 Å². The van der Waals surface area contributed by atoms with Gasteiger partial charge < -0.3 is 18.6 Å². The summed E-state index contributed by atoms with van der Waals surface area (Å²) >= 11 is 12.9. The fourth-order valence-electron chi connectivity index (χ4n) is 4.64. The minimum absolute atomic E-state index is 0.354. The van der Waals surface area contributed by atoms with Crippen molar-refractivity contribution in [1.82, 2.24) is 0 Å². The lowest BCUT2D eigenvalue weighted by atomic mass is 9.78. The summed E-state index contributed by atoms with van der Waals surface area (Å²) in [4.78, 5) is 13.1. The Balaban J connectivity index is 1.68. The molecule has 7 heteroatoms. The summed E-state index contributed by atoms with van der Waals surface area (Å²) < 4.78 is 24.0. The summed E-state index contributed by atoms with van der Waals surface area (Å²) in [6, 6.07) is 18.2. The van der Waals surface area contributed by atoms with E-state index in [1.54, 1.807) is 25.3 Å². The molecular weight excluding hydrogens is 451 g/mol. The van der Waals surface area contributed by atoms with Gasteiger partial charge >= 0.3 is 5.63 Å². The van der Waals surface area contributed by atoms with E-state index in [0.717, 1.165) is 11.1 Å². The Morgan fingerprint density at radius 3 is 2.53 bits per heavy atom. The molecule has 2 aliphatic rings. The van der Waals surface area contributed by atoms with Gasteiger partial charge in [0.2, 0.25) is 0 Å². The van der Waals surface area contributed by atoms with Crippen molar-refractivity contribution in [3.05, 3.63) is 97.8 Å². The third kappa shape index (κ3) is 2.74. The second kappa shape index (κ2) is 6.92. The number of rotatable bonds is 2. The van der Waals surface area contributed by atoms with E-state index in [0.29, 0.717) is 50.2 Å². The van der Waals surface area contributed by atoms with Crippen LogP contribution in [0.1, 0.15) is 29.0 Å². The zero-order valence-corrected chi connectivity index (χ0v) is 18.4. The molecule has 32 heavy (non-hydrogen) atoms. The first-order valence-corrected chi connectivity index (χ1v) is 10.8. The molecule has 0 unspecified atom stereocenters. The Kier molecular flexibility index (Phi) is 4.23. The zero-order valence-electron chi connectivity index (χ0n) is 16.9. The Hall–Kier alpha value is -3.15. The Labute approximate surface area is 193 Å². The first-order valence-electron chi connectivity index (χ1n) is 10.1. The number of halogens is 2. The van der Waals surface area contributed by atoms with Gasteiger partial charge in [-0.05, 0) is 48.5 Å². The standard InChI is InChI=1S/C25H16Cl2O5/c1-29-15-8-6-13(7-9-15)25-12-18(17-10-14(26)11-19(27)22(17)31-25)21-23(32-25)16-4-2-3-5-20(16)30-24(21)28/h2-11,18H,12H2,1H3/t18-,25-/m0/s1. The Morgan fingerprint density at radius 2 is 1.75 bits per heavy atom. The van der Waals surface area contributed by atoms with Gasteiger partial charge in [0.05, 0.1) is 23.1 Å². The molecule has 1 aromatic heterocycles. The topological polar surface area (TPSA) is 57.9 Å². The molecule has 0 saturated heterocycles. The van der Waals surface area contributed by atoms with Gasteiger partial charge in [-0.3, -0.25) is 0 Å². The molecule has 2 atom stereocenters. The highest BCUT2D eigenvalue weighted by molar-refractivity contribution is 6.35. The molecule has 0 N–H and O–H groups in total. The minimum atomic E-state index is -1.19. The minimum Gasteiger partial charge on any atom is -0.497 e. The molecule has 3 heterocycles. The maximum Gasteiger partial charge on any atom is 0.343 e. The van der Waals surface area contributed by atoms with Crippen LogP contribution in [0.2, 0.25) is 10.0 Å². The first-order chi connectivity index (χ1) is 15.5. The average molecular weight is 467 g/mol. The number of fused-ring (bicyclic) bond motifs is 8. The van der Waals surface area contributed by atoms with Crippen LogP contribution < -0.4 is 19.8 Å². The van der Waals surface area contributed by atoms with Crippen molar-refractivity contribution >= 4 is 34.2 Å². The van der Waals surface area contributed by atoms with Gasteiger partial charge in [0.15, 0.2) is 0 Å². The summed E-state index contributed by atoms with van der Waals surface area (Å²) in [5.41, 5.74) is 1.96. The van der Waals surface area contributed by atoms with Crippen LogP contribution in [-0.4, -0.2) is 7.11 Å². The van der Waals surface area contributed by atoms with Crippen molar-refractivity contribution in [2.45, 2.75) is 18.1 Å². The largest absolute Gasteiger partial charge is 0.497 e. The lowest BCUT2D eigenvalue weighted by Crippen LogP contribution is -2.48. The zero-order chi connectivity index (χ0) is 22.0. The summed E-state index contributed by atoms with van der Waals surface area (Å²) in [6.45, 7) is 0. The lowest BCUT2D eigenvalue weighted by molar-refractivity contribution is -0.148. The van der Waals surface area contributed by atoms with Crippen LogP contribution in [0.15, 0.2) is 69.9 Å². The molecule has 0 aliphatic carbocycles. The van der Waals surface area contributed by atoms with Crippen molar-refractivity contribution in [3.8, 4) is 17.2 Å². The average Bonchev–Trinajstić information content (AvgIpc) is 2.80. The van der Waals surface area contributed by atoms with Gasteiger partial charge in [0.25, 0.3) is 5.79 Å². The lowest BCUT2D eigenvalue weighted by Gasteiger charge is -2.46. The second-order valence-corrected chi connectivity index (χ2v) is 8.72. The smallest absolute Gasteiger partial charge is 0.343 e. The van der Waals surface area contributed by atoms with Crippen molar-refractivity contribution in [3.63, 3.8) is 0 Å². The van der Waals surface area contributed by atoms with Crippen molar-refractivity contribution in [2.75, 3.05) is 7.11 Å². The molecule has 6 rings (SSSR count). The van der Waals surface area contributed by atoms with Crippen LogP contribution in [0.4, 0.5) is 0 Å². The molecule has 3 aromatic carbocycles. The number of hydrogen-bond acceptors (Lipinski definition) is 5. The fraction of sp³-hybridized carbons (Fsp3) is 0.160. The molecule has 0 spiro atoms. The number of ether oxygens (including phenoxy) is 3. The van der Waals surface area contributed by atoms with Gasteiger partial charge in [-0.25, -0.2) is 4.79 Å². The van der Waals surface area contributed by atoms with E-state index < -0.39 is 11.4 Å². The second-order valence-electron chi connectivity index (χ2n) is 7.88. The fourth-order valence-corrected chi connectivity index (χ4v) is 5.19. The predicted molar refractivity (Wildman–Crippen MR) is 121 cm³/mol. The molecule has 0 saturated carbocycles. The molecule has 5 nitrogen and oxygen atoms in total. The van der Waals surface area contributed by atoms with Crippen molar-refractivity contribution in [1.29, 1.82) is 0 Å². The van der Waals surface area contributed by atoms with E-state index in [4.69, 9.17) is 41.8 Å². The monoisotopic (exact) mass is 466 g/mol. The first kappa shape index (κ1) is 19.5. The molecule has 0 radical (unpaired) electrons. The Morgan fingerprint density at radius 1 is 1.00 bits per heavy atom. The van der Waals surface area contributed by atoms with Gasteiger partial charge in [0, 0.05) is 28.5 Å². The number of methoxy groups -OCH3 is 1. The van der Waals surface area contributed by atoms with E-state index >= 15 is 0 Å². The van der Waals surface area contributed by atoms with Crippen LogP contribution >= 0.6 is 23.2 Å². The predicted octanol–water partition coefficient (Wildman–Crippen LogP) is 6.27.